The lowest BCUT2D eigenvalue weighted by atomic mass is 10.0. The van der Waals surface area contributed by atoms with Crippen LogP contribution in [0, 0.1) is 6.92 Å². The molecule has 18 heavy (non-hydrogen) atoms. The van der Waals surface area contributed by atoms with E-state index in [1.807, 2.05) is 24.3 Å². The highest BCUT2D eigenvalue weighted by atomic mass is 16.5. The van der Waals surface area contributed by atoms with E-state index in [1.165, 1.54) is 11.8 Å². The number of nitrogens with one attached hydrogen (secondary N) is 1. The highest BCUT2D eigenvalue weighted by Gasteiger charge is 2.13. The number of benzene rings is 1. The van der Waals surface area contributed by atoms with E-state index >= 15 is 0 Å². The molecule has 4 nitrogen and oxygen atoms in total. The van der Waals surface area contributed by atoms with Crippen LogP contribution in [-0.4, -0.2) is 11.1 Å². The summed E-state index contributed by atoms with van der Waals surface area (Å²) in [6.07, 6.45) is 1.46. The number of rotatable bonds is 3. The lowest BCUT2D eigenvalue weighted by molar-refractivity contribution is 0.101. The fourth-order valence-corrected chi connectivity index (χ4v) is 1.65. The summed E-state index contributed by atoms with van der Waals surface area (Å²) < 4.78 is 4.74. The van der Waals surface area contributed by atoms with Crippen LogP contribution < -0.4 is 5.32 Å². The quantitative estimate of drug-likeness (QED) is 0.900. The van der Waals surface area contributed by atoms with Crippen molar-refractivity contribution in [2.75, 3.05) is 5.32 Å². The molecular formula is C14H16N2O2. The van der Waals surface area contributed by atoms with Crippen LogP contribution in [0.4, 0.5) is 5.69 Å². The summed E-state index contributed by atoms with van der Waals surface area (Å²) in [4.78, 5) is 11.9. The fourth-order valence-electron chi connectivity index (χ4n) is 1.65. The van der Waals surface area contributed by atoms with Gasteiger partial charge in [-0.05, 0) is 30.5 Å². The van der Waals surface area contributed by atoms with Crippen LogP contribution in [0.25, 0.3) is 0 Å². The second kappa shape index (κ2) is 5.04. The normalized spacial score (nSPS) is 10.7. The average Bonchev–Trinajstić information content (AvgIpc) is 2.76. The first-order chi connectivity index (χ1) is 8.58. The Bertz CT molecular complexity index is 541. The molecule has 2 aromatic rings. The second-order valence-corrected chi connectivity index (χ2v) is 4.58. The highest BCUT2D eigenvalue weighted by Crippen LogP contribution is 2.17. The Morgan fingerprint density at radius 3 is 2.44 bits per heavy atom. The lowest BCUT2D eigenvalue weighted by Crippen LogP contribution is -2.13. The van der Waals surface area contributed by atoms with Gasteiger partial charge in [-0.2, -0.15) is 0 Å². The molecule has 0 bridgehead atoms. The summed E-state index contributed by atoms with van der Waals surface area (Å²) >= 11 is 0. The van der Waals surface area contributed by atoms with E-state index in [2.05, 4.69) is 24.3 Å². The molecule has 2 rings (SSSR count). The number of hydrogen-bond donors (Lipinski definition) is 1. The third kappa shape index (κ3) is 2.59. The molecule has 0 saturated carbocycles. The predicted molar refractivity (Wildman–Crippen MR) is 69.7 cm³/mol. The van der Waals surface area contributed by atoms with Gasteiger partial charge in [0.1, 0.15) is 6.26 Å². The summed E-state index contributed by atoms with van der Waals surface area (Å²) in [5.74, 6) is 0.228. The number of anilines is 1. The molecule has 0 aliphatic carbocycles. The minimum absolute atomic E-state index is 0.251. The number of aryl methyl sites for hydroxylation is 1. The number of amides is 1. The van der Waals surface area contributed by atoms with Crippen molar-refractivity contribution in [2.24, 2.45) is 0 Å². The first-order valence-electron chi connectivity index (χ1n) is 5.90. The highest BCUT2D eigenvalue weighted by molar-refractivity contribution is 6.03. The smallest absolute Gasteiger partial charge is 0.278 e. The van der Waals surface area contributed by atoms with Crippen molar-refractivity contribution in [1.29, 1.82) is 0 Å². The van der Waals surface area contributed by atoms with Crippen molar-refractivity contribution >= 4 is 11.6 Å². The maximum absolute atomic E-state index is 11.9. The van der Waals surface area contributed by atoms with Crippen LogP contribution in [0.3, 0.4) is 0 Å². The van der Waals surface area contributed by atoms with Gasteiger partial charge in [0, 0.05) is 11.3 Å². The third-order valence-electron chi connectivity index (χ3n) is 2.80. The topological polar surface area (TPSA) is 55.1 Å². The SMILES string of the molecule is Cc1conc1C(=O)Nc1ccc(C(C)C)cc1. The third-order valence-corrected chi connectivity index (χ3v) is 2.80. The van der Waals surface area contributed by atoms with Crippen molar-refractivity contribution in [3.8, 4) is 0 Å². The van der Waals surface area contributed by atoms with E-state index in [0.717, 1.165) is 11.3 Å². The van der Waals surface area contributed by atoms with E-state index in [0.29, 0.717) is 11.6 Å². The summed E-state index contributed by atoms with van der Waals surface area (Å²) in [5, 5.41) is 6.46. The molecule has 1 aromatic carbocycles. The molecule has 1 amide bonds. The van der Waals surface area contributed by atoms with Crippen molar-refractivity contribution in [3.63, 3.8) is 0 Å². The standard InChI is InChI=1S/C14H16N2O2/c1-9(2)11-4-6-12(7-5-11)15-14(17)13-10(3)8-18-16-13/h4-9H,1-3H3,(H,15,17). The Labute approximate surface area is 106 Å². The molecule has 0 atom stereocenters. The first kappa shape index (κ1) is 12.4. The van der Waals surface area contributed by atoms with E-state index in [4.69, 9.17) is 4.52 Å². The average molecular weight is 244 g/mol. The number of aromatic nitrogens is 1. The molecular weight excluding hydrogens is 228 g/mol. The van der Waals surface area contributed by atoms with Crippen molar-refractivity contribution in [2.45, 2.75) is 26.7 Å². The molecule has 0 unspecified atom stereocenters. The van der Waals surface area contributed by atoms with E-state index < -0.39 is 0 Å². The molecule has 0 aliphatic heterocycles. The molecule has 94 valence electrons. The van der Waals surface area contributed by atoms with Gasteiger partial charge < -0.3 is 9.84 Å². The van der Waals surface area contributed by atoms with Gasteiger partial charge in [-0.25, -0.2) is 0 Å². The van der Waals surface area contributed by atoms with Gasteiger partial charge in [0.05, 0.1) is 0 Å². The zero-order valence-corrected chi connectivity index (χ0v) is 10.7. The number of carbonyl (C=O) groups excluding carboxylic acids is 1. The van der Waals surface area contributed by atoms with Crippen LogP contribution in [-0.2, 0) is 0 Å². The zero-order valence-electron chi connectivity index (χ0n) is 10.7. The van der Waals surface area contributed by atoms with Gasteiger partial charge in [0.2, 0.25) is 0 Å². The number of carbonyl (C=O) groups is 1. The molecule has 1 heterocycles. The Kier molecular flexibility index (Phi) is 3.46. The Balaban J connectivity index is 2.10. The van der Waals surface area contributed by atoms with E-state index in [-0.39, 0.29) is 5.91 Å². The van der Waals surface area contributed by atoms with Crippen LogP contribution in [0.15, 0.2) is 35.1 Å². The Morgan fingerprint density at radius 1 is 1.28 bits per heavy atom. The second-order valence-electron chi connectivity index (χ2n) is 4.58. The monoisotopic (exact) mass is 244 g/mol. The number of nitrogens with zero attached hydrogens (tertiary/aromatic N) is 1. The van der Waals surface area contributed by atoms with Crippen molar-refractivity contribution < 1.29 is 9.32 Å². The molecule has 1 N–H and O–H groups in total. The van der Waals surface area contributed by atoms with Crippen molar-refractivity contribution in [3.05, 3.63) is 47.3 Å². The summed E-state index contributed by atoms with van der Waals surface area (Å²) in [7, 11) is 0. The largest absolute Gasteiger partial charge is 0.364 e. The van der Waals surface area contributed by atoms with Gasteiger partial charge >= 0.3 is 0 Å². The molecule has 0 saturated heterocycles. The maximum atomic E-state index is 11.9. The predicted octanol–water partition coefficient (Wildman–Crippen LogP) is 3.36. The van der Waals surface area contributed by atoms with Crippen LogP contribution >= 0.6 is 0 Å². The summed E-state index contributed by atoms with van der Waals surface area (Å²) in [5.41, 5.74) is 3.05. The van der Waals surface area contributed by atoms with Crippen molar-refractivity contribution in [1.82, 2.24) is 5.16 Å². The summed E-state index contributed by atoms with van der Waals surface area (Å²) in [6.45, 7) is 6.05. The molecule has 1 aromatic heterocycles. The van der Waals surface area contributed by atoms with Crippen LogP contribution in [0.1, 0.15) is 41.4 Å². The maximum Gasteiger partial charge on any atom is 0.278 e. The minimum atomic E-state index is -0.251. The molecule has 0 radical (unpaired) electrons. The zero-order chi connectivity index (χ0) is 13.1. The number of hydrogen-bond acceptors (Lipinski definition) is 3. The van der Waals surface area contributed by atoms with Gasteiger partial charge in [-0.15, -0.1) is 0 Å². The molecule has 0 spiro atoms. The van der Waals surface area contributed by atoms with E-state index in [1.54, 1.807) is 6.92 Å². The summed E-state index contributed by atoms with van der Waals surface area (Å²) in [6, 6.07) is 7.80. The van der Waals surface area contributed by atoms with Gasteiger partial charge in [0.15, 0.2) is 5.69 Å². The van der Waals surface area contributed by atoms with Gasteiger partial charge in [0.25, 0.3) is 5.91 Å². The molecule has 0 aliphatic rings. The lowest BCUT2D eigenvalue weighted by Gasteiger charge is -2.07. The Morgan fingerprint density at radius 2 is 1.94 bits per heavy atom. The van der Waals surface area contributed by atoms with Gasteiger partial charge in [-0.1, -0.05) is 31.1 Å². The molecule has 4 heteroatoms. The Hall–Kier alpha value is -2.10. The first-order valence-corrected chi connectivity index (χ1v) is 5.90. The fraction of sp³-hybridized carbons (Fsp3) is 0.286. The van der Waals surface area contributed by atoms with Crippen LogP contribution in [0.2, 0.25) is 0 Å². The molecule has 0 fully saturated rings. The van der Waals surface area contributed by atoms with E-state index in [9.17, 15) is 4.79 Å². The minimum Gasteiger partial charge on any atom is -0.364 e. The van der Waals surface area contributed by atoms with Gasteiger partial charge in [-0.3, -0.25) is 4.79 Å². The van der Waals surface area contributed by atoms with Crippen LogP contribution in [0.5, 0.6) is 0 Å².